The van der Waals surface area contributed by atoms with E-state index in [0.717, 1.165) is 32.4 Å². The first-order chi connectivity index (χ1) is 6.49. The highest BCUT2D eigenvalue weighted by Gasteiger charge is 2.28. The normalized spacial score (nSPS) is 11.5. The van der Waals surface area contributed by atoms with Gasteiger partial charge in [-0.15, -0.1) is 0 Å². The van der Waals surface area contributed by atoms with Gasteiger partial charge in [-0.3, -0.25) is 4.79 Å². The summed E-state index contributed by atoms with van der Waals surface area (Å²) in [5.41, 5.74) is -0.191. The fourth-order valence-electron chi connectivity index (χ4n) is 1.33. The fraction of sp³-hybridized carbons (Fsp3) is 0.917. The molecule has 2 nitrogen and oxygen atoms in total. The average Bonchev–Trinajstić information content (AvgIpc) is 2.18. The van der Waals surface area contributed by atoms with Crippen LogP contribution in [0.5, 0.6) is 0 Å². The van der Waals surface area contributed by atoms with Crippen LogP contribution in [0, 0.1) is 5.41 Å². The maximum atomic E-state index is 12.1. The number of hydrogen-bond donors (Lipinski definition) is 0. The second kappa shape index (κ2) is 6.05. The summed E-state index contributed by atoms with van der Waals surface area (Å²) in [4.78, 5) is 14.0. The van der Waals surface area contributed by atoms with Gasteiger partial charge in [0, 0.05) is 18.5 Å². The van der Waals surface area contributed by atoms with Crippen LogP contribution in [-0.2, 0) is 4.79 Å². The van der Waals surface area contributed by atoms with Gasteiger partial charge in [0.2, 0.25) is 5.91 Å². The number of nitrogens with zero attached hydrogens (tertiary/aromatic N) is 1. The first-order valence-corrected chi connectivity index (χ1v) is 5.79. The number of carbonyl (C=O) groups excluding carboxylic acids is 1. The SMILES string of the molecule is CCCCN(CC)C(=O)C(C)(C)CC. The summed E-state index contributed by atoms with van der Waals surface area (Å²) in [6.45, 7) is 12.1. The molecule has 0 aromatic carbocycles. The number of hydrogen-bond acceptors (Lipinski definition) is 1. The van der Waals surface area contributed by atoms with Gasteiger partial charge in [0.05, 0.1) is 0 Å². The molecule has 0 radical (unpaired) electrons. The van der Waals surface area contributed by atoms with Crippen molar-refractivity contribution < 1.29 is 4.79 Å². The van der Waals surface area contributed by atoms with Crippen LogP contribution in [0.15, 0.2) is 0 Å². The summed E-state index contributed by atoms with van der Waals surface area (Å²) in [6.07, 6.45) is 3.17. The highest BCUT2D eigenvalue weighted by Crippen LogP contribution is 2.23. The summed E-state index contributed by atoms with van der Waals surface area (Å²) in [5.74, 6) is 0.302. The molecule has 0 fully saturated rings. The van der Waals surface area contributed by atoms with Crippen molar-refractivity contribution in [2.45, 2.75) is 53.9 Å². The van der Waals surface area contributed by atoms with Crippen molar-refractivity contribution in [3.63, 3.8) is 0 Å². The van der Waals surface area contributed by atoms with Crippen molar-refractivity contribution in [2.75, 3.05) is 13.1 Å². The van der Waals surface area contributed by atoms with Gasteiger partial charge in [-0.2, -0.15) is 0 Å². The van der Waals surface area contributed by atoms with Crippen LogP contribution in [0.3, 0.4) is 0 Å². The van der Waals surface area contributed by atoms with Gasteiger partial charge < -0.3 is 4.90 Å². The monoisotopic (exact) mass is 199 g/mol. The van der Waals surface area contributed by atoms with Gasteiger partial charge >= 0.3 is 0 Å². The van der Waals surface area contributed by atoms with E-state index in [9.17, 15) is 4.79 Å². The topological polar surface area (TPSA) is 20.3 Å². The van der Waals surface area contributed by atoms with Gasteiger partial charge in [0.25, 0.3) is 0 Å². The molecule has 0 aromatic rings. The van der Waals surface area contributed by atoms with Crippen LogP contribution in [0.2, 0.25) is 0 Å². The Morgan fingerprint density at radius 3 is 2.14 bits per heavy atom. The molecule has 0 unspecified atom stereocenters. The van der Waals surface area contributed by atoms with Crippen molar-refractivity contribution in [3.05, 3.63) is 0 Å². The Labute approximate surface area is 88.7 Å². The molecule has 0 bridgehead atoms. The van der Waals surface area contributed by atoms with Crippen LogP contribution in [0.4, 0.5) is 0 Å². The third kappa shape index (κ3) is 3.69. The highest BCUT2D eigenvalue weighted by atomic mass is 16.2. The van der Waals surface area contributed by atoms with Crippen molar-refractivity contribution in [1.82, 2.24) is 4.90 Å². The lowest BCUT2D eigenvalue weighted by Gasteiger charge is -2.30. The average molecular weight is 199 g/mol. The van der Waals surface area contributed by atoms with Gasteiger partial charge in [0.1, 0.15) is 0 Å². The molecule has 0 heterocycles. The van der Waals surface area contributed by atoms with E-state index in [1.807, 2.05) is 18.7 Å². The highest BCUT2D eigenvalue weighted by molar-refractivity contribution is 5.81. The standard InChI is InChI=1S/C12H25NO/c1-6-9-10-13(8-3)11(14)12(4,5)7-2/h6-10H2,1-5H3. The quantitative estimate of drug-likeness (QED) is 0.644. The largest absolute Gasteiger partial charge is 0.343 e. The Kier molecular flexibility index (Phi) is 5.82. The van der Waals surface area contributed by atoms with E-state index in [4.69, 9.17) is 0 Å². The molecule has 14 heavy (non-hydrogen) atoms. The van der Waals surface area contributed by atoms with Crippen molar-refractivity contribution in [3.8, 4) is 0 Å². The first kappa shape index (κ1) is 13.5. The molecule has 0 saturated carbocycles. The van der Waals surface area contributed by atoms with Gasteiger partial charge in [0.15, 0.2) is 0 Å². The molecule has 0 aliphatic rings. The first-order valence-electron chi connectivity index (χ1n) is 5.79. The minimum Gasteiger partial charge on any atom is -0.343 e. The minimum absolute atomic E-state index is 0.191. The van der Waals surface area contributed by atoms with Crippen molar-refractivity contribution in [1.29, 1.82) is 0 Å². The van der Waals surface area contributed by atoms with E-state index >= 15 is 0 Å². The molecule has 0 aromatic heterocycles. The van der Waals surface area contributed by atoms with E-state index in [2.05, 4.69) is 20.8 Å². The van der Waals surface area contributed by atoms with Crippen molar-refractivity contribution in [2.24, 2.45) is 5.41 Å². The maximum absolute atomic E-state index is 12.1. The summed E-state index contributed by atoms with van der Waals surface area (Å²) in [5, 5.41) is 0. The molecule has 0 rings (SSSR count). The Bertz CT molecular complexity index is 175. The molecule has 0 saturated heterocycles. The second-order valence-electron chi connectivity index (χ2n) is 4.48. The molecule has 0 N–H and O–H groups in total. The van der Waals surface area contributed by atoms with Gasteiger partial charge in [-0.25, -0.2) is 0 Å². The molecule has 2 heteroatoms. The van der Waals surface area contributed by atoms with Crippen LogP contribution in [-0.4, -0.2) is 23.9 Å². The molecule has 0 aliphatic heterocycles. The lowest BCUT2D eigenvalue weighted by atomic mass is 9.88. The smallest absolute Gasteiger partial charge is 0.228 e. The fourth-order valence-corrected chi connectivity index (χ4v) is 1.33. The third-order valence-electron chi connectivity index (χ3n) is 2.91. The minimum atomic E-state index is -0.191. The van der Waals surface area contributed by atoms with Crippen molar-refractivity contribution >= 4 is 5.91 Å². The van der Waals surface area contributed by atoms with Gasteiger partial charge in [-0.05, 0) is 19.8 Å². The number of rotatable bonds is 6. The van der Waals surface area contributed by atoms with Gasteiger partial charge in [-0.1, -0.05) is 34.1 Å². The number of unbranched alkanes of at least 4 members (excludes halogenated alkanes) is 1. The Morgan fingerprint density at radius 1 is 1.21 bits per heavy atom. The van der Waals surface area contributed by atoms with Crippen LogP contribution in [0.1, 0.15) is 53.9 Å². The second-order valence-corrected chi connectivity index (χ2v) is 4.48. The number of amides is 1. The Hall–Kier alpha value is -0.530. The van der Waals surface area contributed by atoms with Crippen LogP contribution in [0.25, 0.3) is 0 Å². The Morgan fingerprint density at radius 2 is 1.79 bits per heavy atom. The lowest BCUT2D eigenvalue weighted by Crippen LogP contribution is -2.41. The molecule has 1 amide bonds. The van der Waals surface area contributed by atoms with Crippen LogP contribution >= 0.6 is 0 Å². The predicted molar refractivity (Wildman–Crippen MR) is 61.2 cm³/mol. The van der Waals surface area contributed by atoms with E-state index in [-0.39, 0.29) is 5.41 Å². The zero-order valence-corrected chi connectivity index (χ0v) is 10.4. The molecule has 0 spiro atoms. The molecule has 84 valence electrons. The van der Waals surface area contributed by atoms with E-state index in [1.165, 1.54) is 0 Å². The zero-order chi connectivity index (χ0) is 11.2. The van der Waals surface area contributed by atoms with E-state index in [1.54, 1.807) is 0 Å². The number of carbonyl (C=O) groups is 1. The third-order valence-corrected chi connectivity index (χ3v) is 2.91. The summed E-state index contributed by atoms with van der Waals surface area (Å²) >= 11 is 0. The summed E-state index contributed by atoms with van der Waals surface area (Å²) < 4.78 is 0. The molecule has 0 aliphatic carbocycles. The summed E-state index contributed by atoms with van der Waals surface area (Å²) in [6, 6.07) is 0. The van der Waals surface area contributed by atoms with E-state index < -0.39 is 0 Å². The predicted octanol–water partition coefficient (Wildman–Crippen LogP) is 3.07. The van der Waals surface area contributed by atoms with E-state index in [0.29, 0.717) is 5.91 Å². The summed E-state index contributed by atoms with van der Waals surface area (Å²) in [7, 11) is 0. The zero-order valence-electron chi connectivity index (χ0n) is 10.4. The maximum Gasteiger partial charge on any atom is 0.228 e. The molecular formula is C12H25NO. The molecule has 0 atom stereocenters. The Balaban J connectivity index is 4.30. The molecular weight excluding hydrogens is 174 g/mol. The lowest BCUT2D eigenvalue weighted by molar-refractivity contribution is -0.140. The van der Waals surface area contributed by atoms with Crippen LogP contribution < -0.4 is 0 Å².